The summed E-state index contributed by atoms with van der Waals surface area (Å²) in [6.07, 6.45) is 1.05. The zero-order valence-electron chi connectivity index (χ0n) is 10.1. The Morgan fingerprint density at radius 2 is 2.11 bits per heavy atom. The van der Waals surface area contributed by atoms with Gasteiger partial charge < -0.3 is 14.1 Å². The van der Waals surface area contributed by atoms with Gasteiger partial charge >= 0.3 is 0 Å². The van der Waals surface area contributed by atoms with Gasteiger partial charge in [-0.2, -0.15) is 0 Å². The number of furan rings is 1. The van der Waals surface area contributed by atoms with Crippen molar-refractivity contribution in [3.8, 4) is 0 Å². The van der Waals surface area contributed by atoms with Crippen LogP contribution in [-0.2, 0) is 6.54 Å². The van der Waals surface area contributed by atoms with E-state index in [4.69, 9.17) is 4.42 Å². The second kappa shape index (κ2) is 4.31. The lowest BCUT2D eigenvalue weighted by molar-refractivity contribution is 0.184. The molecule has 0 spiro atoms. The van der Waals surface area contributed by atoms with Crippen LogP contribution in [0, 0.1) is 0 Å². The number of para-hydroxylation sites is 2. The van der Waals surface area contributed by atoms with Crippen LogP contribution in [0.4, 0.5) is 0 Å². The van der Waals surface area contributed by atoms with E-state index >= 15 is 0 Å². The maximum atomic E-state index is 9.82. The SMILES string of the molecule is CC(O)c1nc2ccccc2n1Cc1ccco1. The molecular formula is C14H14N2O2. The summed E-state index contributed by atoms with van der Waals surface area (Å²) < 4.78 is 7.35. The summed E-state index contributed by atoms with van der Waals surface area (Å²) in [7, 11) is 0. The van der Waals surface area contributed by atoms with Crippen molar-refractivity contribution >= 4 is 11.0 Å². The number of hydrogen-bond donors (Lipinski definition) is 1. The van der Waals surface area contributed by atoms with Crippen molar-refractivity contribution in [3.63, 3.8) is 0 Å². The third kappa shape index (κ3) is 1.80. The van der Waals surface area contributed by atoms with Gasteiger partial charge in [-0.1, -0.05) is 12.1 Å². The molecule has 4 nitrogen and oxygen atoms in total. The van der Waals surface area contributed by atoms with E-state index in [0.29, 0.717) is 12.4 Å². The molecule has 18 heavy (non-hydrogen) atoms. The molecule has 0 aliphatic carbocycles. The number of aliphatic hydroxyl groups is 1. The molecular weight excluding hydrogens is 228 g/mol. The van der Waals surface area contributed by atoms with E-state index in [2.05, 4.69) is 4.98 Å². The summed E-state index contributed by atoms with van der Waals surface area (Å²) in [5.41, 5.74) is 1.89. The number of imidazole rings is 1. The van der Waals surface area contributed by atoms with E-state index in [1.807, 2.05) is 41.0 Å². The molecule has 1 unspecified atom stereocenters. The van der Waals surface area contributed by atoms with E-state index in [9.17, 15) is 5.11 Å². The molecule has 0 radical (unpaired) electrons. The van der Waals surface area contributed by atoms with E-state index in [0.717, 1.165) is 16.8 Å². The second-order valence-electron chi connectivity index (χ2n) is 4.30. The van der Waals surface area contributed by atoms with Gasteiger partial charge in [-0.3, -0.25) is 0 Å². The normalized spacial score (nSPS) is 13.0. The minimum absolute atomic E-state index is 0.577. The molecule has 1 atom stereocenters. The number of aliphatic hydroxyl groups excluding tert-OH is 1. The van der Waals surface area contributed by atoms with Gasteiger partial charge in [0, 0.05) is 0 Å². The Bertz CT molecular complexity index is 654. The van der Waals surface area contributed by atoms with Crippen LogP contribution in [-0.4, -0.2) is 14.7 Å². The number of aromatic nitrogens is 2. The number of rotatable bonds is 3. The first-order chi connectivity index (χ1) is 8.75. The van der Waals surface area contributed by atoms with Crippen molar-refractivity contribution < 1.29 is 9.52 Å². The van der Waals surface area contributed by atoms with Gasteiger partial charge in [0.25, 0.3) is 0 Å². The standard InChI is InChI=1S/C14H14N2O2/c1-10(17)14-15-12-6-2-3-7-13(12)16(14)9-11-5-4-8-18-11/h2-8,10,17H,9H2,1H3. The van der Waals surface area contributed by atoms with Crippen LogP contribution in [0.2, 0.25) is 0 Å². The van der Waals surface area contributed by atoms with Gasteiger partial charge in [-0.25, -0.2) is 4.98 Å². The zero-order chi connectivity index (χ0) is 12.5. The highest BCUT2D eigenvalue weighted by Crippen LogP contribution is 2.22. The van der Waals surface area contributed by atoms with Gasteiger partial charge in [0.15, 0.2) is 0 Å². The highest BCUT2D eigenvalue weighted by molar-refractivity contribution is 5.76. The average Bonchev–Trinajstić information content (AvgIpc) is 2.98. The molecule has 0 bridgehead atoms. The Morgan fingerprint density at radius 1 is 1.28 bits per heavy atom. The minimum Gasteiger partial charge on any atom is -0.467 e. The molecule has 3 aromatic rings. The second-order valence-corrected chi connectivity index (χ2v) is 4.30. The summed E-state index contributed by atoms with van der Waals surface area (Å²) in [5, 5.41) is 9.82. The lowest BCUT2D eigenvalue weighted by Gasteiger charge is -2.09. The fourth-order valence-corrected chi connectivity index (χ4v) is 2.14. The predicted molar refractivity (Wildman–Crippen MR) is 68.2 cm³/mol. The molecule has 0 amide bonds. The van der Waals surface area contributed by atoms with E-state index < -0.39 is 6.10 Å². The largest absolute Gasteiger partial charge is 0.467 e. The molecule has 0 saturated carbocycles. The quantitative estimate of drug-likeness (QED) is 0.768. The first-order valence-electron chi connectivity index (χ1n) is 5.91. The highest BCUT2D eigenvalue weighted by Gasteiger charge is 2.15. The van der Waals surface area contributed by atoms with Gasteiger partial charge in [-0.15, -0.1) is 0 Å². The average molecular weight is 242 g/mol. The topological polar surface area (TPSA) is 51.2 Å². The minimum atomic E-state index is -0.604. The molecule has 0 aliphatic heterocycles. The third-order valence-electron chi connectivity index (χ3n) is 2.95. The molecule has 0 saturated heterocycles. The fourth-order valence-electron chi connectivity index (χ4n) is 2.14. The zero-order valence-corrected chi connectivity index (χ0v) is 10.1. The van der Waals surface area contributed by atoms with Crippen molar-refractivity contribution in [2.24, 2.45) is 0 Å². The number of hydrogen-bond acceptors (Lipinski definition) is 3. The molecule has 1 aromatic carbocycles. The third-order valence-corrected chi connectivity index (χ3v) is 2.95. The molecule has 92 valence electrons. The summed E-state index contributed by atoms with van der Waals surface area (Å²) in [4.78, 5) is 4.46. The molecule has 2 aromatic heterocycles. The number of nitrogens with zero attached hydrogens (tertiary/aromatic N) is 2. The first kappa shape index (κ1) is 11.0. The number of fused-ring (bicyclic) bond motifs is 1. The number of benzene rings is 1. The lowest BCUT2D eigenvalue weighted by atomic mass is 10.3. The smallest absolute Gasteiger partial charge is 0.138 e. The fraction of sp³-hybridized carbons (Fsp3) is 0.214. The molecule has 1 N–H and O–H groups in total. The van der Waals surface area contributed by atoms with Crippen LogP contribution in [0.3, 0.4) is 0 Å². The van der Waals surface area contributed by atoms with E-state index in [1.165, 1.54) is 0 Å². The Kier molecular flexibility index (Phi) is 2.64. The van der Waals surface area contributed by atoms with Crippen molar-refractivity contribution in [1.82, 2.24) is 9.55 Å². The van der Waals surface area contributed by atoms with Crippen molar-refractivity contribution in [1.29, 1.82) is 0 Å². The lowest BCUT2D eigenvalue weighted by Crippen LogP contribution is -2.07. The highest BCUT2D eigenvalue weighted by atomic mass is 16.3. The van der Waals surface area contributed by atoms with E-state index in [-0.39, 0.29) is 0 Å². The monoisotopic (exact) mass is 242 g/mol. The first-order valence-corrected chi connectivity index (χ1v) is 5.91. The van der Waals surface area contributed by atoms with Crippen molar-refractivity contribution in [2.45, 2.75) is 19.6 Å². The van der Waals surface area contributed by atoms with Crippen LogP contribution in [0.1, 0.15) is 24.6 Å². The van der Waals surface area contributed by atoms with Crippen LogP contribution >= 0.6 is 0 Å². The summed E-state index contributed by atoms with van der Waals surface area (Å²) >= 11 is 0. The molecule has 2 heterocycles. The molecule has 0 aliphatic rings. The predicted octanol–water partition coefficient (Wildman–Crippen LogP) is 2.73. The summed E-state index contributed by atoms with van der Waals surface area (Å²) in [6.45, 7) is 2.30. The Labute approximate surface area is 104 Å². The van der Waals surface area contributed by atoms with Crippen LogP contribution < -0.4 is 0 Å². The van der Waals surface area contributed by atoms with Gasteiger partial charge in [0.05, 0.1) is 23.8 Å². The van der Waals surface area contributed by atoms with Gasteiger partial charge in [0.1, 0.15) is 17.7 Å². The molecule has 4 heteroatoms. The van der Waals surface area contributed by atoms with E-state index in [1.54, 1.807) is 13.2 Å². The van der Waals surface area contributed by atoms with Gasteiger partial charge in [-0.05, 0) is 31.2 Å². The maximum Gasteiger partial charge on any atom is 0.138 e. The van der Waals surface area contributed by atoms with Crippen LogP contribution in [0.15, 0.2) is 47.1 Å². The maximum absolute atomic E-state index is 9.82. The van der Waals surface area contributed by atoms with Crippen molar-refractivity contribution in [3.05, 3.63) is 54.2 Å². The van der Waals surface area contributed by atoms with Crippen LogP contribution in [0.25, 0.3) is 11.0 Å². The van der Waals surface area contributed by atoms with Crippen LogP contribution in [0.5, 0.6) is 0 Å². The molecule has 3 rings (SSSR count). The summed E-state index contributed by atoms with van der Waals surface area (Å²) in [6, 6.07) is 11.6. The summed E-state index contributed by atoms with van der Waals surface area (Å²) in [5.74, 6) is 1.51. The van der Waals surface area contributed by atoms with Crippen molar-refractivity contribution in [2.75, 3.05) is 0 Å². The Morgan fingerprint density at radius 3 is 2.83 bits per heavy atom. The Hall–Kier alpha value is -2.07. The molecule has 0 fully saturated rings. The Balaban J connectivity index is 2.15. The van der Waals surface area contributed by atoms with Gasteiger partial charge in [0.2, 0.25) is 0 Å².